The molecule has 0 aliphatic rings. The summed E-state index contributed by atoms with van der Waals surface area (Å²) in [5, 5.41) is 22.0. The van der Waals surface area contributed by atoms with E-state index in [2.05, 4.69) is 20.9 Å². The number of amides is 3. The number of carbonyl (C=O) groups is 3. The molecule has 0 aliphatic heterocycles. The first kappa shape index (κ1) is 37.0. The Morgan fingerprint density at radius 2 is 1.49 bits per heavy atom. The zero-order chi connectivity index (χ0) is 37.3. The van der Waals surface area contributed by atoms with E-state index in [4.69, 9.17) is 23.2 Å². The van der Waals surface area contributed by atoms with E-state index in [1.807, 2.05) is 35.7 Å². The highest BCUT2D eigenvalue weighted by Gasteiger charge is 2.24. The predicted molar refractivity (Wildman–Crippen MR) is 211 cm³/mol. The molecule has 6 rings (SSSR count). The Kier molecular flexibility index (Phi) is 12.0. The van der Waals surface area contributed by atoms with Gasteiger partial charge in [-0.05, 0) is 77.9 Å². The predicted octanol–water partition coefficient (Wildman–Crippen LogP) is 9.91. The molecule has 0 saturated heterocycles. The molecule has 0 bridgehead atoms. The van der Waals surface area contributed by atoms with Crippen molar-refractivity contribution in [2.75, 3.05) is 10.6 Å². The van der Waals surface area contributed by atoms with Crippen molar-refractivity contribution in [2.45, 2.75) is 10.1 Å². The Morgan fingerprint density at radius 3 is 2.15 bits per heavy atom. The number of anilines is 2. The molecule has 1 unspecified atom stereocenters. The van der Waals surface area contributed by atoms with Crippen molar-refractivity contribution < 1.29 is 19.3 Å². The number of halogens is 2. The number of nitro benzene ring substituents is 1. The minimum Gasteiger partial charge on any atom is -0.321 e. The molecule has 1 heterocycles. The minimum absolute atomic E-state index is 0.0727. The van der Waals surface area contributed by atoms with Gasteiger partial charge in [0.25, 0.3) is 17.5 Å². The smallest absolute Gasteiger partial charge is 0.272 e. The largest absolute Gasteiger partial charge is 0.321 e. The first-order valence-corrected chi connectivity index (χ1v) is 18.3. The number of non-ortho nitro benzene ring substituents is 1. The average molecular weight is 781 g/mol. The molecule has 3 amide bonds. The summed E-state index contributed by atoms with van der Waals surface area (Å²) in [5.74, 6) is -1.39. The zero-order valence-electron chi connectivity index (χ0n) is 27.4. The summed E-state index contributed by atoms with van der Waals surface area (Å²) in [6, 6.07) is 35.5. The maximum atomic E-state index is 13.7. The lowest BCUT2D eigenvalue weighted by atomic mass is 10.1. The monoisotopic (exact) mass is 779 g/mol. The Hall–Kier alpha value is -5.79. The number of thiazole rings is 1. The van der Waals surface area contributed by atoms with E-state index in [-0.39, 0.29) is 17.3 Å². The van der Waals surface area contributed by atoms with Gasteiger partial charge in [-0.1, -0.05) is 77.8 Å². The maximum Gasteiger partial charge on any atom is 0.272 e. The van der Waals surface area contributed by atoms with Crippen LogP contribution < -0.4 is 16.0 Å². The molecule has 0 saturated carbocycles. The molecular weight excluding hydrogens is 753 g/mol. The highest BCUT2D eigenvalue weighted by molar-refractivity contribution is 8.00. The highest BCUT2D eigenvalue weighted by atomic mass is 35.5. The molecule has 0 fully saturated rings. The quantitative estimate of drug-likeness (QED) is 0.0486. The van der Waals surface area contributed by atoms with Crippen molar-refractivity contribution in [2.24, 2.45) is 0 Å². The van der Waals surface area contributed by atoms with Crippen LogP contribution in [0.1, 0.15) is 26.7 Å². The first-order chi connectivity index (χ1) is 25.6. The van der Waals surface area contributed by atoms with Gasteiger partial charge in [0.05, 0.1) is 20.7 Å². The molecule has 0 radical (unpaired) electrons. The zero-order valence-corrected chi connectivity index (χ0v) is 30.5. The van der Waals surface area contributed by atoms with Gasteiger partial charge < -0.3 is 16.0 Å². The van der Waals surface area contributed by atoms with Gasteiger partial charge in [-0.15, -0.1) is 23.1 Å². The second kappa shape index (κ2) is 17.2. The topological polar surface area (TPSA) is 143 Å². The molecular formula is C39H27Cl2N5O5S2. The van der Waals surface area contributed by atoms with E-state index < -0.39 is 22.0 Å². The molecule has 0 spiro atoms. The summed E-state index contributed by atoms with van der Waals surface area (Å²) in [4.78, 5) is 56.1. The standard InChI is InChI=1S/C39H27Cl2N5O5S2/c40-31-20-13-27(22-32(31)41)34-23-52-39(44-34)45-38(49)35(25-7-3-1-4-8-25)53-30-18-14-28(15-19-30)42-37(48)33(43-36(47)26-9-5-2-6-10-26)21-24-11-16-29(17-12-24)46(50)51/h1-23,35H,(H,42,48)(H,43,47)(H,44,45,49)/b33-21-. The number of aromatic nitrogens is 1. The Bertz CT molecular complexity index is 2300. The van der Waals surface area contributed by atoms with Gasteiger partial charge in [-0.2, -0.15) is 0 Å². The third-order valence-corrected chi connectivity index (χ3v) is 10.4. The van der Waals surface area contributed by atoms with Crippen molar-refractivity contribution in [1.82, 2.24) is 10.3 Å². The number of carbonyl (C=O) groups excluding carboxylic acids is 3. The number of thioether (sulfide) groups is 1. The number of nitrogens with one attached hydrogen (secondary N) is 3. The van der Waals surface area contributed by atoms with Gasteiger partial charge in [0.15, 0.2) is 5.13 Å². The van der Waals surface area contributed by atoms with Crippen molar-refractivity contribution in [3.8, 4) is 11.3 Å². The number of benzene rings is 5. The fraction of sp³-hybridized carbons (Fsp3) is 0.0256. The fourth-order valence-corrected chi connectivity index (χ4v) is 6.99. The summed E-state index contributed by atoms with van der Waals surface area (Å²) in [6.07, 6.45) is 1.43. The van der Waals surface area contributed by atoms with E-state index in [0.717, 1.165) is 16.0 Å². The molecule has 5 aromatic carbocycles. The maximum absolute atomic E-state index is 13.7. The molecule has 264 valence electrons. The number of hydrogen-bond acceptors (Lipinski definition) is 8. The number of nitrogens with zero attached hydrogens (tertiary/aromatic N) is 2. The van der Waals surface area contributed by atoms with Crippen LogP contribution in [0.5, 0.6) is 0 Å². The van der Waals surface area contributed by atoms with E-state index in [9.17, 15) is 24.5 Å². The second-order valence-electron chi connectivity index (χ2n) is 11.3. The van der Waals surface area contributed by atoms with Crippen LogP contribution in [0.15, 0.2) is 143 Å². The van der Waals surface area contributed by atoms with Crippen molar-refractivity contribution in [1.29, 1.82) is 0 Å². The van der Waals surface area contributed by atoms with Gasteiger partial charge in [0.1, 0.15) is 10.9 Å². The Balaban J connectivity index is 1.17. The third-order valence-electron chi connectivity index (χ3n) is 7.60. The molecule has 3 N–H and O–H groups in total. The van der Waals surface area contributed by atoms with Crippen LogP contribution in [0.4, 0.5) is 16.5 Å². The summed E-state index contributed by atoms with van der Waals surface area (Å²) < 4.78 is 0. The van der Waals surface area contributed by atoms with Crippen LogP contribution in [0.2, 0.25) is 10.0 Å². The minimum atomic E-state index is -0.640. The van der Waals surface area contributed by atoms with E-state index in [0.29, 0.717) is 37.7 Å². The van der Waals surface area contributed by atoms with Crippen LogP contribution >= 0.6 is 46.3 Å². The average Bonchev–Trinajstić information content (AvgIpc) is 3.64. The first-order valence-electron chi connectivity index (χ1n) is 15.8. The van der Waals surface area contributed by atoms with Crippen LogP contribution in [-0.2, 0) is 9.59 Å². The lowest BCUT2D eigenvalue weighted by Gasteiger charge is -2.17. The molecule has 14 heteroatoms. The SMILES string of the molecule is O=C(Nc1ccc(SC(C(=O)Nc2nc(-c3ccc(Cl)c(Cl)c3)cs2)c2ccccc2)cc1)/C(=C/c1ccc([N+](=O)[O-])cc1)NC(=O)c1ccccc1. The van der Waals surface area contributed by atoms with Gasteiger partial charge in [0, 0.05) is 39.2 Å². The van der Waals surface area contributed by atoms with E-state index >= 15 is 0 Å². The summed E-state index contributed by atoms with van der Waals surface area (Å²) >= 11 is 14.9. The molecule has 10 nitrogen and oxygen atoms in total. The molecule has 0 aliphatic carbocycles. The summed E-state index contributed by atoms with van der Waals surface area (Å²) in [7, 11) is 0. The van der Waals surface area contributed by atoms with Crippen LogP contribution in [0.25, 0.3) is 17.3 Å². The van der Waals surface area contributed by atoms with Gasteiger partial charge in [-0.25, -0.2) is 4.98 Å². The lowest BCUT2D eigenvalue weighted by Crippen LogP contribution is -2.30. The molecule has 1 aromatic heterocycles. The number of hydrogen-bond donors (Lipinski definition) is 3. The fourth-order valence-electron chi connectivity index (χ4n) is 4.94. The number of rotatable bonds is 12. The molecule has 1 atom stereocenters. The van der Waals surface area contributed by atoms with E-state index in [1.165, 1.54) is 53.4 Å². The van der Waals surface area contributed by atoms with Gasteiger partial charge in [-0.3, -0.25) is 24.5 Å². The second-order valence-corrected chi connectivity index (χ2v) is 14.1. The van der Waals surface area contributed by atoms with Crippen LogP contribution in [0, 0.1) is 10.1 Å². The normalized spacial score (nSPS) is 11.7. The van der Waals surface area contributed by atoms with Crippen molar-refractivity contribution >= 4 is 86.6 Å². The van der Waals surface area contributed by atoms with Gasteiger partial charge >= 0.3 is 0 Å². The van der Waals surface area contributed by atoms with E-state index in [1.54, 1.807) is 72.8 Å². The van der Waals surface area contributed by atoms with Crippen molar-refractivity contribution in [3.05, 3.63) is 175 Å². The van der Waals surface area contributed by atoms with Gasteiger partial charge in [0.2, 0.25) is 5.91 Å². The third kappa shape index (κ3) is 9.76. The number of nitro groups is 1. The summed E-state index contributed by atoms with van der Waals surface area (Å²) in [6.45, 7) is 0. The van der Waals surface area contributed by atoms with Crippen LogP contribution in [-0.4, -0.2) is 27.6 Å². The lowest BCUT2D eigenvalue weighted by molar-refractivity contribution is -0.384. The van der Waals surface area contributed by atoms with Crippen LogP contribution in [0.3, 0.4) is 0 Å². The van der Waals surface area contributed by atoms with Crippen molar-refractivity contribution in [3.63, 3.8) is 0 Å². The Morgan fingerprint density at radius 1 is 0.811 bits per heavy atom. The Labute approximate surface area is 322 Å². The highest BCUT2D eigenvalue weighted by Crippen LogP contribution is 2.38. The molecule has 53 heavy (non-hydrogen) atoms. The summed E-state index contributed by atoms with van der Waals surface area (Å²) in [5.41, 5.74) is 3.26. The molecule has 6 aromatic rings.